The van der Waals surface area contributed by atoms with E-state index >= 15 is 0 Å². The lowest BCUT2D eigenvalue weighted by molar-refractivity contribution is -0.181. The molecule has 5 nitrogen and oxygen atoms in total. The van der Waals surface area contributed by atoms with Crippen molar-refractivity contribution in [3.05, 3.63) is 35.6 Å². The van der Waals surface area contributed by atoms with Crippen LogP contribution in [0.3, 0.4) is 0 Å². The molecule has 1 atom stereocenters. The monoisotopic (exact) mass is 368 g/mol. The molecule has 1 aromatic rings. The zero-order valence-corrected chi connectivity index (χ0v) is 15.1. The molecule has 0 aromatic heterocycles. The Bertz CT molecular complexity index is 702. The summed E-state index contributed by atoms with van der Waals surface area (Å²) in [6.07, 6.45) is 3.56. The van der Waals surface area contributed by atoms with Crippen LogP contribution in [0.1, 0.15) is 31.2 Å². The van der Waals surface area contributed by atoms with Crippen molar-refractivity contribution in [3.63, 3.8) is 0 Å². The van der Waals surface area contributed by atoms with Gasteiger partial charge in [-0.2, -0.15) is 0 Å². The van der Waals surface area contributed by atoms with E-state index in [1.54, 1.807) is 0 Å². The lowest BCUT2D eigenvalue weighted by atomic mass is 9.83. The molecule has 1 aliphatic carbocycles. The van der Waals surface area contributed by atoms with E-state index in [2.05, 4.69) is 9.62 Å². The van der Waals surface area contributed by atoms with E-state index in [1.807, 2.05) is 12.1 Å². The first-order chi connectivity index (χ1) is 11.9. The Labute approximate surface area is 148 Å². The highest BCUT2D eigenvalue weighted by atomic mass is 32.2. The van der Waals surface area contributed by atoms with Crippen molar-refractivity contribution in [2.45, 2.75) is 43.1 Å². The molecule has 3 aliphatic rings. The Kier molecular flexibility index (Phi) is 4.60. The summed E-state index contributed by atoms with van der Waals surface area (Å²) in [7, 11) is -3.09. The van der Waals surface area contributed by atoms with Gasteiger partial charge in [0.15, 0.2) is 0 Å². The molecule has 0 amide bonds. The van der Waals surface area contributed by atoms with E-state index < -0.39 is 10.0 Å². The fraction of sp³-hybridized carbons (Fsp3) is 0.667. The third-order valence-corrected chi connectivity index (χ3v) is 7.43. The predicted molar refractivity (Wildman–Crippen MR) is 93.0 cm³/mol. The Balaban J connectivity index is 1.20. The van der Waals surface area contributed by atoms with Gasteiger partial charge in [-0.05, 0) is 49.3 Å². The van der Waals surface area contributed by atoms with Crippen LogP contribution in [0.4, 0.5) is 4.39 Å². The van der Waals surface area contributed by atoms with Gasteiger partial charge in [0, 0.05) is 26.2 Å². The molecule has 1 N–H and O–H groups in total. The molecular formula is C18H25FN2O3S. The van der Waals surface area contributed by atoms with E-state index in [-0.39, 0.29) is 22.6 Å². The summed E-state index contributed by atoms with van der Waals surface area (Å²) >= 11 is 0. The first-order valence-corrected chi connectivity index (χ1v) is 10.6. The van der Waals surface area contributed by atoms with Crippen molar-refractivity contribution in [3.8, 4) is 0 Å². The number of nitrogens with one attached hydrogen (secondary N) is 1. The first kappa shape index (κ1) is 17.4. The van der Waals surface area contributed by atoms with Gasteiger partial charge in [-0.25, -0.2) is 17.5 Å². The van der Waals surface area contributed by atoms with Gasteiger partial charge in [-0.15, -0.1) is 0 Å². The quantitative estimate of drug-likeness (QED) is 0.833. The van der Waals surface area contributed by atoms with Gasteiger partial charge in [0.25, 0.3) is 0 Å². The lowest BCUT2D eigenvalue weighted by Crippen LogP contribution is -2.64. The second-order valence-corrected chi connectivity index (χ2v) is 9.81. The van der Waals surface area contributed by atoms with E-state index in [0.29, 0.717) is 13.2 Å². The SMILES string of the molecule is O=S(=O)(NCC1CCC2(CN(Cc3ccc(F)cc3)C2)OC1)C1CC1. The largest absolute Gasteiger partial charge is 0.372 e. The van der Waals surface area contributed by atoms with Crippen molar-refractivity contribution >= 4 is 10.0 Å². The predicted octanol–water partition coefficient (Wildman–Crippen LogP) is 1.89. The number of sulfonamides is 1. The minimum absolute atomic E-state index is 0.0636. The molecule has 3 fully saturated rings. The molecule has 4 rings (SSSR count). The molecule has 1 aromatic carbocycles. The highest BCUT2D eigenvalue weighted by molar-refractivity contribution is 7.90. The van der Waals surface area contributed by atoms with Crippen LogP contribution < -0.4 is 4.72 Å². The Morgan fingerprint density at radius 2 is 1.92 bits per heavy atom. The summed E-state index contributed by atoms with van der Waals surface area (Å²) in [5.41, 5.74) is 1.05. The molecule has 1 spiro atoms. The fourth-order valence-electron chi connectivity index (χ4n) is 3.79. The molecular weight excluding hydrogens is 343 g/mol. The van der Waals surface area contributed by atoms with Crippen LogP contribution in [0.15, 0.2) is 24.3 Å². The number of hydrogen-bond donors (Lipinski definition) is 1. The topological polar surface area (TPSA) is 58.6 Å². The Morgan fingerprint density at radius 1 is 1.20 bits per heavy atom. The number of ether oxygens (including phenoxy) is 1. The number of nitrogens with zero attached hydrogens (tertiary/aromatic N) is 1. The van der Waals surface area contributed by atoms with Gasteiger partial charge in [-0.3, -0.25) is 4.90 Å². The number of hydrogen-bond acceptors (Lipinski definition) is 4. The van der Waals surface area contributed by atoms with Crippen molar-refractivity contribution in [2.24, 2.45) is 5.92 Å². The minimum atomic E-state index is -3.09. The van der Waals surface area contributed by atoms with E-state index in [0.717, 1.165) is 50.9 Å². The highest BCUT2D eigenvalue weighted by Crippen LogP contribution is 2.36. The van der Waals surface area contributed by atoms with Crippen LogP contribution in [0.2, 0.25) is 0 Å². The van der Waals surface area contributed by atoms with Gasteiger partial charge in [0.2, 0.25) is 10.0 Å². The van der Waals surface area contributed by atoms with Gasteiger partial charge in [0.1, 0.15) is 5.82 Å². The van der Waals surface area contributed by atoms with Crippen molar-refractivity contribution in [2.75, 3.05) is 26.2 Å². The van der Waals surface area contributed by atoms with Crippen LogP contribution in [-0.4, -0.2) is 50.4 Å². The van der Waals surface area contributed by atoms with Crippen molar-refractivity contribution < 1.29 is 17.5 Å². The minimum Gasteiger partial charge on any atom is -0.372 e. The van der Waals surface area contributed by atoms with Gasteiger partial charge in [-0.1, -0.05) is 12.1 Å². The molecule has 7 heteroatoms. The maximum atomic E-state index is 13.0. The third kappa shape index (κ3) is 4.05. The van der Waals surface area contributed by atoms with Crippen LogP contribution >= 0.6 is 0 Å². The number of likely N-dealkylation sites (tertiary alicyclic amines) is 1. The second-order valence-electron chi connectivity index (χ2n) is 7.76. The molecule has 2 aliphatic heterocycles. The van der Waals surface area contributed by atoms with Crippen LogP contribution in [0.5, 0.6) is 0 Å². The maximum absolute atomic E-state index is 13.0. The van der Waals surface area contributed by atoms with E-state index in [9.17, 15) is 12.8 Å². The molecule has 2 saturated heterocycles. The average molecular weight is 368 g/mol. The summed E-state index contributed by atoms with van der Waals surface area (Å²) in [5.74, 6) is 0.0630. The summed E-state index contributed by atoms with van der Waals surface area (Å²) in [6, 6.07) is 6.64. The van der Waals surface area contributed by atoms with Gasteiger partial charge in [0.05, 0.1) is 17.5 Å². The molecule has 2 heterocycles. The van der Waals surface area contributed by atoms with Crippen molar-refractivity contribution in [1.29, 1.82) is 0 Å². The summed E-state index contributed by atoms with van der Waals surface area (Å²) in [5, 5.41) is -0.157. The fourth-order valence-corrected chi connectivity index (χ4v) is 5.25. The Morgan fingerprint density at radius 3 is 2.52 bits per heavy atom. The average Bonchev–Trinajstić information content (AvgIpc) is 3.40. The molecule has 0 radical (unpaired) electrons. The maximum Gasteiger partial charge on any atom is 0.214 e. The summed E-state index contributed by atoms with van der Waals surface area (Å²) < 4.78 is 45.6. The van der Waals surface area contributed by atoms with Crippen molar-refractivity contribution in [1.82, 2.24) is 9.62 Å². The molecule has 138 valence electrons. The first-order valence-electron chi connectivity index (χ1n) is 9.03. The van der Waals surface area contributed by atoms with E-state index in [1.165, 1.54) is 12.1 Å². The summed E-state index contributed by atoms with van der Waals surface area (Å²) in [4.78, 5) is 2.31. The normalized spacial score (nSPS) is 26.5. The number of benzene rings is 1. The second kappa shape index (κ2) is 6.61. The molecule has 0 bridgehead atoms. The number of halogens is 1. The van der Waals surface area contributed by atoms with Gasteiger partial charge < -0.3 is 4.74 Å². The van der Waals surface area contributed by atoms with Gasteiger partial charge >= 0.3 is 0 Å². The standard InChI is InChI=1S/C18H25FN2O3S/c19-16-3-1-14(2-4-16)10-21-12-18(13-21)8-7-15(11-24-18)9-20-25(22,23)17-5-6-17/h1-4,15,17,20H,5-13H2. The van der Waals surface area contributed by atoms with Crippen LogP contribution in [-0.2, 0) is 21.3 Å². The number of rotatable bonds is 6. The zero-order valence-electron chi connectivity index (χ0n) is 14.3. The molecule has 1 saturated carbocycles. The Hall–Kier alpha value is -1.02. The van der Waals surface area contributed by atoms with E-state index in [4.69, 9.17) is 4.74 Å². The highest BCUT2D eigenvalue weighted by Gasteiger charge is 2.46. The van der Waals surface area contributed by atoms with Crippen LogP contribution in [0.25, 0.3) is 0 Å². The molecule has 1 unspecified atom stereocenters. The smallest absolute Gasteiger partial charge is 0.214 e. The molecule has 25 heavy (non-hydrogen) atoms. The lowest BCUT2D eigenvalue weighted by Gasteiger charge is -2.53. The zero-order chi connectivity index (χ0) is 17.5. The third-order valence-electron chi connectivity index (χ3n) is 5.51. The van der Waals surface area contributed by atoms with Crippen LogP contribution in [0, 0.1) is 11.7 Å². The summed E-state index contributed by atoms with van der Waals surface area (Å²) in [6.45, 7) is 3.72.